The van der Waals surface area contributed by atoms with Crippen molar-refractivity contribution in [3.05, 3.63) is 60.2 Å². The third-order valence-corrected chi connectivity index (χ3v) is 6.95. The van der Waals surface area contributed by atoms with Gasteiger partial charge in [0.15, 0.2) is 0 Å². The molecule has 0 saturated carbocycles. The highest BCUT2D eigenvalue weighted by Crippen LogP contribution is 2.36. The van der Waals surface area contributed by atoms with Crippen LogP contribution >= 0.6 is 23.5 Å². The smallest absolute Gasteiger partial charge is 0.242 e. The number of thioether (sulfide) groups is 2. The standard InChI is InChI=1S/C17H17N3O3S3/c18-26(22,23)14-8-6-13(7-9-14)20-16(21)15(12-4-2-1-3-5-12)25-17-19-10-11-24-17/h1-9,15H,10-11H2,(H,20,21)(H2,18,22,23). The summed E-state index contributed by atoms with van der Waals surface area (Å²) in [6.07, 6.45) is 0. The van der Waals surface area contributed by atoms with Gasteiger partial charge in [-0.25, -0.2) is 13.6 Å². The highest BCUT2D eigenvalue weighted by molar-refractivity contribution is 8.39. The normalized spacial score (nSPS) is 15.3. The van der Waals surface area contributed by atoms with Crippen LogP contribution in [0.4, 0.5) is 5.69 Å². The Morgan fingerprint density at radius 3 is 2.42 bits per heavy atom. The van der Waals surface area contributed by atoms with Gasteiger partial charge in [-0.15, -0.1) is 0 Å². The fourth-order valence-electron chi connectivity index (χ4n) is 2.32. The molecule has 0 spiro atoms. The third kappa shape index (κ3) is 4.88. The summed E-state index contributed by atoms with van der Waals surface area (Å²) in [5.41, 5.74) is 1.39. The van der Waals surface area contributed by atoms with Crippen LogP contribution in [-0.2, 0) is 14.8 Å². The quantitative estimate of drug-likeness (QED) is 0.794. The van der Waals surface area contributed by atoms with E-state index < -0.39 is 15.3 Å². The molecule has 0 bridgehead atoms. The van der Waals surface area contributed by atoms with Crippen molar-refractivity contribution < 1.29 is 13.2 Å². The zero-order valence-corrected chi connectivity index (χ0v) is 16.1. The average Bonchev–Trinajstić information content (AvgIpc) is 3.13. The van der Waals surface area contributed by atoms with E-state index in [1.165, 1.54) is 36.0 Å². The van der Waals surface area contributed by atoms with Gasteiger partial charge in [-0.3, -0.25) is 9.79 Å². The summed E-state index contributed by atoms with van der Waals surface area (Å²) >= 11 is 3.07. The fraction of sp³-hybridized carbons (Fsp3) is 0.176. The molecule has 26 heavy (non-hydrogen) atoms. The van der Waals surface area contributed by atoms with Crippen molar-refractivity contribution in [2.75, 3.05) is 17.6 Å². The number of primary sulfonamides is 1. The molecule has 1 unspecified atom stereocenters. The zero-order valence-electron chi connectivity index (χ0n) is 13.7. The molecule has 2 aromatic rings. The van der Waals surface area contributed by atoms with Gasteiger partial charge in [0, 0.05) is 11.4 Å². The number of hydrogen-bond acceptors (Lipinski definition) is 6. The zero-order chi connectivity index (χ0) is 18.6. The lowest BCUT2D eigenvalue weighted by Crippen LogP contribution is -2.20. The summed E-state index contributed by atoms with van der Waals surface area (Å²) in [5, 5.41) is 7.48. The van der Waals surface area contributed by atoms with Gasteiger partial charge in [0.1, 0.15) is 9.63 Å². The van der Waals surface area contributed by atoms with Crippen LogP contribution in [-0.4, -0.2) is 31.0 Å². The van der Waals surface area contributed by atoms with Crippen molar-refractivity contribution in [1.82, 2.24) is 0 Å². The highest BCUT2D eigenvalue weighted by Gasteiger charge is 2.25. The van der Waals surface area contributed by atoms with Gasteiger partial charge in [-0.05, 0) is 29.8 Å². The van der Waals surface area contributed by atoms with Crippen LogP contribution in [0, 0.1) is 0 Å². The Balaban J connectivity index is 1.79. The maximum absolute atomic E-state index is 12.8. The molecule has 3 rings (SSSR count). The van der Waals surface area contributed by atoms with E-state index in [2.05, 4.69) is 10.3 Å². The molecule has 6 nitrogen and oxygen atoms in total. The second-order valence-corrected chi connectivity index (χ2v) is 9.46. The summed E-state index contributed by atoms with van der Waals surface area (Å²) < 4.78 is 23.6. The molecule has 1 heterocycles. The minimum atomic E-state index is -3.76. The number of benzene rings is 2. The second kappa shape index (κ2) is 8.26. The van der Waals surface area contributed by atoms with Crippen LogP contribution in [0.15, 0.2) is 64.5 Å². The SMILES string of the molecule is NS(=O)(=O)c1ccc(NC(=O)C(SC2=NCCS2)c2ccccc2)cc1. The molecule has 1 aliphatic rings. The highest BCUT2D eigenvalue weighted by atomic mass is 32.2. The van der Waals surface area contributed by atoms with Crippen molar-refractivity contribution in [3.8, 4) is 0 Å². The van der Waals surface area contributed by atoms with Gasteiger partial charge in [0.05, 0.1) is 11.4 Å². The van der Waals surface area contributed by atoms with Gasteiger partial charge in [-0.1, -0.05) is 53.9 Å². The van der Waals surface area contributed by atoms with Crippen LogP contribution < -0.4 is 10.5 Å². The number of anilines is 1. The van der Waals surface area contributed by atoms with Gasteiger partial charge in [0.25, 0.3) is 0 Å². The topological polar surface area (TPSA) is 102 Å². The molecular weight excluding hydrogens is 390 g/mol. The van der Waals surface area contributed by atoms with E-state index in [0.717, 1.165) is 22.2 Å². The molecule has 136 valence electrons. The molecule has 0 radical (unpaired) electrons. The first kappa shape index (κ1) is 19.0. The monoisotopic (exact) mass is 407 g/mol. The predicted molar refractivity (Wildman–Crippen MR) is 108 cm³/mol. The fourth-order valence-corrected chi connectivity index (χ4v) is 5.02. The number of rotatable bonds is 5. The van der Waals surface area contributed by atoms with E-state index in [1.807, 2.05) is 30.3 Å². The first-order valence-electron chi connectivity index (χ1n) is 7.76. The summed E-state index contributed by atoms with van der Waals surface area (Å²) in [4.78, 5) is 17.3. The lowest BCUT2D eigenvalue weighted by atomic mass is 10.1. The van der Waals surface area contributed by atoms with Crippen molar-refractivity contribution in [2.45, 2.75) is 10.1 Å². The first-order valence-corrected chi connectivity index (χ1v) is 11.2. The maximum Gasteiger partial charge on any atom is 0.242 e. The Morgan fingerprint density at radius 1 is 1.15 bits per heavy atom. The molecule has 0 fully saturated rings. The van der Waals surface area contributed by atoms with Crippen LogP contribution in [0.1, 0.15) is 10.8 Å². The van der Waals surface area contributed by atoms with E-state index in [4.69, 9.17) is 5.14 Å². The number of carbonyl (C=O) groups is 1. The Labute approximate surface area is 160 Å². The average molecular weight is 408 g/mol. The lowest BCUT2D eigenvalue weighted by Gasteiger charge is -2.16. The molecule has 1 amide bonds. The largest absolute Gasteiger partial charge is 0.325 e. The van der Waals surface area contributed by atoms with Gasteiger partial charge in [-0.2, -0.15) is 0 Å². The predicted octanol–water partition coefficient (Wildman–Crippen LogP) is 2.85. The van der Waals surface area contributed by atoms with Gasteiger partial charge in [0.2, 0.25) is 15.9 Å². The van der Waals surface area contributed by atoms with Crippen LogP contribution in [0.2, 0.25) is 0 Å². The van der Waals surface area contributed by atoms with Gasteiger partial charge < -0.3 is 5.32 Å². The molecule has 0 aliphatic carbocycles. The number of amides is 1. The third-order valence-electron chi connectivity index (χ3n) is 3.57. The van der Waals surface area contributed by atoms with Gasteiger partial charge >= 0.3 is 0 Å². The minimum absolute atomic E-state index is 0.00111. The summed E-state index contributed by atoms with van der Waals surface area (Å²) in [7, 11) is -3.76. The van der Waals surface area contributed by atoms with Crippen LogP contribution in [0.5, 0.6) is 0 Å². The maximum atomic E-state index is 12.8. The number of hydrogen-bond donors (Lipinski definition) is 2. The lowest BCUT2D eigenvalue weighted by molar-refractivity contribution is -0.115. The summed E-state index contributed by atoms with van der Waals surface area (Å²) in [6.45, 7) is 0.769. The van der Waals surface area contributed by atoms with E-state index in [9.17, 15) is 13.2 Å². The first-order chi connectivity index (χ1) is 12.4. The Kier molecular flexibility index (Phi) is 6.02. The second-order valence-electron chi connectivity index (χ2n) is 5.46. The van der Waals surface area contributed by atoms with Crippen molar-refractivity contribution in [3.63, 3.8) is 0 Å². The van der Waals surface area contributed by atoms with Crippen molar-refractivity contribution in [1.29, 1.82) is 0 Å². The van der Waals surface area contributed by atoms with Crippen LogP contribution in [0.25, 0.3) is 0 Å². The Morgan fingerprint density at radius 2 is 1.85 bits per heavy atom. The van der Waals surface area contributed by atoms with E-state index >= 15 is 0 Å². The number of aliphatic imine (C=N–C) groups is 1. The Hall–Kier alpha value is -1.81. The molecule has 0 saturated heterocycles. The molecule has 9 heteroatoms. The number of carbonyl (C=O) groups excluding carboxylic acids is 1. The summed E-state index contributed by atoms with van der Waals surface area (Å²) in [5.74, 6) is 0.736. The Bertz CT molecular complexity index is 913. The molecule has 3 N–H and O–H groups in total. The number of nitrogens with zero attached hydrogens (tertiary/aromatic N) is 1. The molecule has 1 aliphatic heterocycles. The number of sulfonamides is 1. The summed E-state index contributed by atoms with van der Waals surface area (Å²) in [6, 6.07) is 15.3. The van der Waals surface area contributed by atoms with E-state index in [-0.39, 0.29) is 10.8 Å². The van der Waals surface area contributed by atoms with Crippen molar-refractivity contribution in [2.24, 2.45) is 10.1 Å². The van der Waals surface area contributed by atoms with Crippen molar-refractivity contribution >= 4 is 49.5 Å². The molecule has 0 aromatic heterocycles. The number of nitrogens with two attached hydrogens (primary N) is 1. The molecule has 2 aromatic carbocycles. The minimum Gasteiger partial charge on any atom is -0.325 e. The van der Waals surface area contributed by atoms with E-state index in [1.54, 1.807) is 11.8 Å². The van der Waals surface area contributed by atoms with E-state index in [0.29, 0.717) is 5.69 Å². The molecular formula is C17H17N3O3S3. The number of nitrogens with one attached hydrogen (secondary N) is 1. The molecule has 1 atom stereocenters. The van der Waals surface area contributed by atoms with Crippen LogP contribution in [0.3, 0.4) is 0 Å².